The van der Waals surface area contributed by atoms with E-state index < -0.39 is 11.9 Å². The molecule has 1 rings (SSSR count). The summed E-state index contributed by atoms with van der Waals surface area (Å²) in [5.74, 6) is -1.29. The third kappa shape index (κ3) is 3.48. The quantitative estimate of drug-likeness (QED) is 0.699. The fourth-order valence-electron chi connectivity index (χ4n) is 1.37. The summed E-state index contributed by atoms with van der Waals surface area (Å²) in [4.78, 5) is 22.1. The molecule has 0 fully saturated rings. The highest BCUT2D eigenvalue weighted by atomic mass is 16.5. The molecule has 0 spiro atoms. The van der Waals surface area contributed by atoms with E-state index in [0.717, 1.165) is 0 Å². The molecule has 0 bridgehead atoms. The van der Waals surface area contributed by atoms with Crippen LogP contribution in [-0.2, 0) is 31.9 Å². The summed E-state index contributed by atoms with van der Waals surface area (Å²) in [6, 6.07) is 4.71. The molecule has 0 aliphatic carbocycles. The van der Waals surface area contributed by atoms with E-state index in [4.69, 9.17) is 0 Å². The van der Waals surface area contributed by atoms with Gasteiger partial charge in [0.2, 0.25) is 0 Å². The van der Waals surface area contributed by atoms with Gasteiger partial charge in [0.1, 0.15) is 0 Å². The zero-order chi connectivity index (χ0) is 12.8. The van der Waals surface area contributed by atoms with Crippen molar-refractivity contribution in [2.24, 2.45) is 0 Å². The molecule has 5 heteroatoms. The second-order valence-electron chi connectivity index (χ2n) is 3.41. The van der Waals surface area contributed by atoms with Gasteiger partial charge in [0.05, 0.1) is 27.1 Å². The summed E-state index contributed by atoms with van der Waals surface area (Å²) in [5.41, 5.74) is 0.636. The third-order valence-corrected chi connectivity index (χ3v) is 2.30. The maximum absolute atomic E-state index is 11.9. The van der Waals surface area contributed by atoms with Gasteiger partial charge in [0.15, 0.2) is 0 Å². The number of ether oxygens (including phenoxy) is 2. The van der Waals surface area contributed by atoms with Crippen LogP contribution in [0.5, 0.6) is 5.75 Å². The predicted molar refractivity (Wildman–Crippen MR) is 57.3 cm³/mol. The first kappa shape index (κ1) is 13.0. The number of rotatable bonds is 4. The highest BCUT2D eigenvalue weighted by Crippen LogP contribution is 2.21. The topological polar surface area (TPSA) is 75.7 Å². The summed E-state index contributed by atoms with van der Waals surface area (Å²) in [5, 5.41) is 11.9. The Hall–Kier alpha value is -2.04. The zero-order valence-corrected chi connectivity index (χ0v) is 9.69. The lowest BCUT2D eigenvalue weighted by Crippen LogP contribution is -2.11. The highest BCUT2D eigenvalue weighted by Gasteiger charge is 2.08. The number of para-hydroxylation sites is 1. The fraction of sp³-hybridized carbons (Fsp3) is 0.333. The van der Waals surface area contributed by atoms with Gasteiger partial charge in [0.25, 0.3) is 0 Å². The second-order valence-corrected chi connectivity index (χ2v) is 3.41. The summed E-state index contributed by atoms with van der Waals surface area (Å²) in [6.07, 6.45) is -0.186. The normalized spacial score (nSPS) is 9.76. The number of hydrogen-bond acceptors (Lipinski definition) is 5. The van der Waals surface area contributed by atoms with Crippen molar-refractivity contribution in [1.29, 1.82) is 0 Å². The average Bonchev–Trinajstić information content (AvgIpc) is 2.33. The van der Waals surface area contributed by atoms with Gasteiger partial charge < -0.3 is 14.6 Å². The van der Waals surface area contributed by atoms with Crippen LogP contribution < -0.4 is 5.11 Å². The summed E-state index contributed by atoms with van der Waals surface area (Å²) >= 11 is 0. The van der Waals surface area contributed by atoms with Gasteiger partial charge in [-0.25, -0.2) is 0 Å². The van der Waals surface area contributed by atoms with Crippen molar-refractivity contribution in [3.05, 3.63) is 29.3 Å². The number of carbonyl (C=O) groups excluding carboxylic acids is 2. The molecule has 5 nitrogen and oxygen atoms in total. The minimum Gasteiger partial charge on any atom is -0.872 e. The molecular formula is C12H13O5-. The lowest BCUT2D eigenvalue weighted by Gasteiger charge is -2.17. The number of hydrogen-bond donors (Lipinski definition) is 0. The largest absolute Gasteiger partial charge is 0.872 e. The molecule has 0 radical (unpaired) electrons. The Kier molecular flexibility index (Phi) is 4.51. The van der Waals surface area contributed by atoms with E-state index in [1.54, 1.807) is 18.2 Å². The van der Waals surface area contributed by atoms with E-state index in [0.29, 0.717) is 11.1 Å². The van der Waals surface area contributed by atoms with Crippen molar-refractivity contribution in [3.8, 4) is 5.75 Å². The lowest BCUT2D eigenvalue weighted by atomic mass is 10.0. The van der Waals surface area contributed by atoms with Gasteiger partial charge >= 0.3 is 11.9 Å². The van der Waals surface area contributed by atoms with E-state index in [9.17, 15) is 14.7 Å². The number of carbonyl (C=O) groups is 2. The SMILES string of the molecule is COC(=O)Cc1cccc(CC(=O)OC)c1[O-]. The Bertz CT molecular complexity index is 389. The molecular weight excluding hydrogens is 224 g/mol. The van der Waals surface area contributed by atoms with E-state index in [-0.39, 0.29) is 18.6 Å². The number of esters is 2. The lowest BCUT2D eigenvalue weighted by molar-refractivity contribution is -0.270. The Morgan fingerprint density at radius 2 is 1.47 bits per heavy atom. The van der Waals surface area contributed by atoms with Gasteiger partial charge in [-0.1, -0.05) is 18.2 Å². The molecule has 17 heavy (non-hydrogen) atoms. The molecule has 92 valence electrons. The van der Waals surface area contributed by atoms with E-state index >= 15 is 0 Å². The third-order valence-electron chi connectivity index (χ3n) is 2.30. The van der Waals surface area contributed by atoms with Crippen molar-refractivity contribution in [3.63, 3.8) is 0 Å². The monoisotopic (exact) mass is 237 g/mol. The predicted octanol–water partition coefficient (Wildman–Crippen LogP) is 0.191. The Morgan fingerprint density at radius 3 is 1.82 bits per heavy atom. The number of methoxy groups -OCH3 is 2. The maximum Gasteiger partial charge on any atom is 0.309 e. The first-order valence-electron chi connectivity index (χ1n) is 5.00. The molecule has 0 aliphatic rings. The van der Waals surface area contributed by atoms with Gasteiger partial charge in [-0.3, -0.25) is 9.59 Å². The van der Waals surface area contributed by atoms with Crippen molar-refractivity contribution in [1.82, 2.24) is 0 Å². The number of benzene rings is 1. The van der Waals surface area contributed by atoms with Crippen LogP contribution in [0, 0.1) is 0 Å². The van der Waals surface area contributed by atoms with E-state index in [1.165, 1.54) is 14.2 Å². The van der Waals surface area contributed by atoms with Crippen LogP contribution >= 0.6 is 0 Å². The minimum absolute atomic E-state index is 0.0929. The fourth-order valence-corrected chi connectivity index (χ4v) is 1.37. The summed E-state index contributed by atoms with van der Waals surface area (Å²) in [6.45, 7) is 0. The molecule has 0 saturated carbocycles. The Morgan fingerprint density at radius 1 is 1.06 bits per heavy atom. The van der Waals surface area contributed by atoms with Gasteiger partial charge in [0, 0.05) is 0 Å². The van der Waals surface area contributed by atoms with Crippen LogP contribution in [0.3, 0.4) is 0 Å². The van der Waals surface area contributed by atoms with Crippen LogP contribution in [0.2, 0.25) is 0 Å². The van der Waals surface area contributed by atoms with Crippen LogP contribution in [0.25, 0.3) is 0 Å². The van der Waals surface area contributed by atoms with Crippen molar-refractivity contribution < 1.29 is 24.2 Å². The van der Waals surface area contributed by atoms with Crippen LogP contribution in [-0.4, -0.2) is 26.2 Å². The average molecular weight is 237 g/mol. The summed E-state index contributed by atoms with van der Waals surface area (Å²) in [7, 11) is 2.51. The molecule has 0 atom stereocenters. The molecule has 0 saturated heterocycles. The molecule has 0 heterocycles. The molecule has 0 aliphatic heterocycles. The maximum atomic E-state index is 11.9. The second kappa shape index (κ2) is 5.89. The standard InChI is InChI=1S/C12H14O5/c1-16-10(13)6-8-4-3-5-9(12(8)15)7-11(14)17-2/h3-5,15H,6-7H2,1-2H3/p-1. The Labute approximate surface area is 99.0 Å². The van der Waals surface area contributed by atoms with Crippen molar-refractivity contribution in [2.75, 3.05) is 14.2 Å². The molecule has 0 N–H and O–H groups in total. The highest BCUT2D eigenvalue weighted by molar-refractivity contribution is 5.76. The van der Waals surface area contributed by atoms with Gasteiger partial charge in [-0.05, 0) is 11.1 Å². The van der Waals surface area contributed by atoms with Gasteiger partial charge in [-0.2, -0.15) is 0 Å². The van der Waals surface area contributed by atoms with Crippen LogP contribution in [0.1, 0.15) is 11.1 Å². The molecule has 0 unspecified atom stereocenters. The van der Waals surface area contributed by atoms with Crippen molar-refractivity contribution >= 4 is 11.9 Å². The van der Waals surface area contributed by atoms with Crippen molar-refractivity contribution in [2.45, 2.75) is 12.8 Å². The zero-order valence-electron chi connectivity index (χ0n) is 9.69. The molecule has 1 aromatic carbocycles. The van der Waals surface area contributed by atoms with Crippen LogP contribution in [0.4, 0.5) is 0 Å². The van der Waals surface area contributed by atoms with Crippen LogP contribution in [0.15, 0.2) is 18.2 Å². The first-order valence-corrected chi connectivity index (χ1v) is 5.00. The summed E-state index contributed by atoms with van der Waals surface area (Å²) < 4.78 is 8.96. The Balaban J connectivity index is 2.91. The minimum atomic E-state index is -0.489. The molecule has 0 aromatic heterocycles. The smallest absolute Gasteiger partial charge is 0.309 e. The van der Waals surface area contributed by atoms with E-state index in [2.05, 4.69) is 9.47 Å². The van der Waals surface area contributed by atoms with E-state index in [1.807, 2.05) is 0 Å². The molecule has 1 aromatic rings. The molecule has 0 amide bonds. The van der Waals surface area contributed by atoms with Gasteiger partial charge in [-0.15, -0.1) is 5.75 Å². The first-order chi connectivity index (χ1) is 8.08.